The van der Waals surface area contributed by atoms with Gasteiger partial charge in [-0.05, 0) is 67.1 Å². The van der Waals surface area contributed by atoms with Crippen molar-refractivity contribution in [2.24, 2.45) is 5.92 Å². The van der Waals surface area contributed by atoms with Gasteiger partial charge in [-0.3, -0.25) is 9.10 Å². The van der Waals surface area contributed by atoms with Gasteiger partial charge >= 0.3 is 0 Å². The summed E-state index contributed by atoms with van der Waals surface area (Å²) in [5, 5.41) is 3.09. The van der Waals surface area contributed by atoms with Crippen molar-refractivity contribution in [3.63, 3.8) is 0 Å². The summed E-state index contributed by atoms with van der Waals surface area (Å²) in [4.78, 5) is 13.6. The maximum atomic E-state index is 13.8. The van der Waals surface area contributed by atoms with Crippen LogP contribution in [0.4, 0.5) is 5.69 Å². The molecule has 0 unspecified atom stereocenters. The lowest BCUT2D eigenvalue weighted by Crippen LogP contribution is -2.42. The molecule has 0 heterocycles. The summed E-state index contributed by atoms with van der Waals surface area (Å²) >= 11 is 0. The molecule has 0 aliphatic heterocycles. The van der Waals surface area contributed by atoms with Gasteiger partial charge in [-0.1, -0.05) is 68.8 Å². The number of carbonyl (C=O) groups excluding carboxylic acids is 1. The van der Waals surface area contributed by atoms with Crippen LogP contribution in [-0.2, 0) is 21.2 Å². The summed E-state index contributed by atoms with van der Waals surface area (Å²) in [7, 11) is -2.36. The third-order valence-electron chi connectivity index (χ3n) is 6.10. The molecule has 3 rings (SSSR count). The second-order valence-electron chi connectivity index (χ2n) is 9.33. The Kier molecular flexibility index (Phi) is 9.15. The Morgan fingerprint density at radius 2 is 1.61 bits per heavy atom. The summed E-state index contributed by atoms with van der Waals surface area (Å²) in [6.07, 6.45) is 1.36. The molecule has 0 fully saturated rings. The molecule has 1 atom stereocenters. The number of benzene rings is 3. The van der Waals surface area contributed by atoms with E-state index in [0.717, 1.165) is 22.4 Å². The van der Waals surface area contributed by atoms with Gasteiger partial charge < -0.3 is 10.1 Å². The number of sulfonamides is 1. The molecule has 0 bridgehead atoms. The Morgan fingerprint density at radius 1 is 0.972 bits per heavy atom. The van der Waals surface area contributed by atoms with Gasteiger partial charge in [-0.2, -0.15) is 0 Å². The highest BCUT2D eigenvalue weighted by Crippen LogP contribution is 2.28. The van der Waals surface area contributed by atoms with Crippen LogP contribution in [0.1, 0.15) is 49.9 Å². The lowest BCUT2D eigenvalue weighted by Gasteiger charge is -2.28. The van der Waals surface area contributed by atoms with Crippen molar-refractivity contribution in [3.8, 4) is 5.75 Å². The predicted molar refractivity (Wildman–Crippen MR) is 145 cm³/mol. The third-order valence-corrected chi connectivity index (χ3v) is 7.87. The number of hydrogen-bond acceptors (Lipinski definition) is 4. The van der Waals surface area contributed by atoms with E-state index in [1.807, 2.05) is 50.2 Å². The molecule has 1 N–H and O–H groups in total. The van der Waals surface area contributed by atoms with E-state index in [2.05, 4.69) is 19.2 Å². The van der Waals surface area contributed by atoms with Crippen LogP contribution >= 0.6 is 0 Å². The van der Waals surface area contributed by atoms with Crippen molar-refractivity contribution in [1.82, 2.24) is 5.32 Å². The Bertz CT molecular complexity index is 1250. The summed E-state index contributed by atoms with van der Waals surface area (Å²) in [6, 6.07) is 21.3. The molecule has 0 aromatic heterocycles. The van der Waals surface area contributed by atoms with Gasteiger partial charge in [-0.25, -0.2) is 8.42 Å². The zero-order valence-electron chi connectivity index (χ0n) is 21.7. The van der Waals surface area contributed by atoms with Crippen molar-refractivity contribution in [3.05, 3.63) is 89.5 Å². The van der Waals surface area contributed by atoms with E-state index in [-0.39, 0.29) is 23.4 Å². The largest absolute Gasteiger partial charge is 0.497 e. The van der Waals surface area contributed by atoms with Crippen LogP contribution in [0.2, 0.25) is 0 Å². The highest BCUT2D eigenvalue weighted by atomic mass is 32.2. The van der Waals surface area contributed by atoms with Crippen LogP contribution in [0.25, 0.3) is 0 Å². The maximum Gasteiger partial charge on any atom is 0.264 e. The predicted octanol–water partition coefficient (Wildman–Crippen LogP) is 5.66. The average molecular weight is 509 g/mol. The minimum absolute atomic E-state index is 0.153. The van der Waals surface area contributed by atoms with E-state index >= 15 is 0 Å². The highest BCUT2D eigenvalue weighted by Gasteiger charge is 2.29. The van der Waals surface area contributed by atoms with Crippen molar-refractivity contribution in [2.75, 3.05) is 18.0 Å². The van der Waals surface area contributed by atoms with E-state index in [4.69, 9.17) is 4.74 Å². The minimum atomic E-state index is -3.98. The fourth-order valence-corrected chi connectivity index (χ4v) is 5.61. The fourth-order valence-electron chi connectivity index (χ4n) is 4.15. The Morgan fingerprint density at radius 3 is 2.19 bits per heavy atom. The van der Waals surface area contributed by atoms with Crippen LogP contribution < -0.4 is 14.4 Å². The Hall–Kier alpha value is -3.32. The number of carbonyl (C=O) groups is 1. The quantitative estimate of drug-likeness (QED) is 0.362. The van der Waals surface area contributed by atoms with Gasteiger partial charge in [0.25, 0.3) is 10.0 Å². The number of nitrogens with zero attached hydrogens (tertiary/aromatic N) is 1. The smallest absolute Gasteiger partial charge is 0.264 e. The second-order valence-corrected chi connectivity index (χ2v) is 11.2. The number of methoxy groups -OCH3 is 1. The number of hydrogen-bond donors (Lipinski definition) is 1. The molecule has 7 heteroatoms. The van der Waals surface area contributed by atoms with Gasteiger partial charge in [0.05, 0.1) is 23.7 Å². The van der Waals surface area contributed by atoms with E-state index < -0.39 is 10.0 Å². The normalized spacial score (nSPS) is 12.3. The summed E-state index contributed by atoms with van der Waals surface area (Å²) in [5.74, 6) is 0.698. The van der Waals surface area contributed by atoms with Crippen molar-refractivity contribution in [2.45, 2.75) is 51.5 Å². The lowest BCUT2D eigenvalue weighted by atomic mass is 9.97. The fraction of sp³-hybridized carbons (Fsp3) is 0.345. The van der Waals surface area contributed by atoms with Crippen LogP contribution in [0.3, 0.4) is 0 Å². The van der Waals surface area contributed by atoms with Crippen LogP contribution in [0.5, 0.6) is 5.75 Å². The Labute approximate surface area is 215 Å². The number of anilines is 1. The standard InChI is InChI=1S/C29H36N2O4S/c1-6-23-9-7-8-10-28(23)31(36(33,34)26-17-11-22(4)12-18-26)20-29(32)30-27(19-21(2)3)24-13-15-25(35-5)16-14-24/h7-18,21,27H,6,19-20H2,1-5H3,(H,30,32)/t27-/m0/s1. The lowest BCUT2D eigenvalue weighted by molar-refractivity contribution is -0.120. The monoisotopic (exact) mass is 508 g/mol. The van der Waals surface area contributed by atoms with Crippen molar-refractivity contribution < 1.29 is 17.9 Å². The zero-order chi connectivity index (χ0) is 26.3. The molecule has 0 saturated carbocycles. The zero-order valence-corrected chi connectivity index (χ0v) is 22.5. The topological polar surface area (TPSA) is 75.7 Å². The number of ether oxygens (including phenoxy) is 1. The SMILES string of the molecule is CCc1ccccc1N(CC(=O)N[C@@H](CC(C)C)c1ccc(OC)cc1)S(=O)(=O)c1ccc(C)cc1. The molecule has 0 spiro atoms. The molecule has 6 nitrogen and oxygen atoms in total. The van der Waals surface area contributed by atoms with Gasteiger partial charge in [0.2, 0.25) is 5.91 Å². The highest BCUT2D eigenvalue weighted by molar-refractivity contribution is 7.92. The molecular weight excluding hydrogens is 472 g/mol. The molecule has 0 radical (unpaired) electrons. The minimum Gasteiger partial charge on any atom is -0.497 e. The number of nitrogens with one attached hydrogen (secondary N) is 1. The summed E-state index contributed by atoms with van der Waals surface area (Å²) in [6.45, 7) is 7.74. The van der Waals surface area contributed by atoms with E-state index in [1.54, 1.807) is 43.5 Å². The second kappa shape index (κ2) is 12.1. The van der Waals surface area contributed by atoms with Crippen LogP contribution in [0, 0.1) is 12.8 Å². The molecule has 192 valence electrons. The number of amides is 1. The number of rotatable bonds is 11. The molecule has 36 heavy (non-hydrogen) atoms. The first-order valence-electron chi connectivity index (χ1n) is 12.3. The molecule has 0 aliphatic carbocycles. The molecule has 3 aromatic rings. The first-order chi connectivity index (χ1) is 17.1. The van der Waals surface area contributed by atoms with Gasteiger partial charge in [-0.15, -0.1) is 0 Å². The van der Waals surface area contributed by atoms with Crippen LogP contribution in [-0.4, -0.2) is 28.0 Å². The molecular formula is C29H36N2O4S. The average Bonchev–Trinajstić information content (AvgIpc) is 2.87. The van der Waals surface area contributed by atoms with Gasteiger partial charge in [0, 0.05) is 0 Å². The van der Waals surface area contributed by atoms with Gasteiger partial charge in [0.15, 0.2) is 0 Å². The number of aryl methyl sites for hydroxylation is 2. The van der Waals surface area contributed by atoms with E-state index in [1.165, 1.54) is 4.31 Å². The third kappa shape index (κ3) is 6.66. The first-order valence-corrected chi connectivity index (χ1v) is 13.7. The molecule has 1 amide bonds. The maximum absolute atomic E-state index is 13.8. The van der Waals surface area contributed by atoms with Crippen molar-refractivity contribution >= 4 is 21.6 Å². The molecule has 0 aliphatic rings. The van der Waals surface area contributed by atoms with Crippen molar-refractivity contribution in [1.29, 1.82) is 0 Å². The van der Waals surface area contributed by atoms with Crippen LogP contribution in [0.15, 0.2) is 77.7 Å². The Balaban J connectivity index is 1.95. The summed E-state index contributed by atoms with van der Waals surface area (Å²) < 4.78 is 34.1. The summed E-state index contributed by atoms with van der Waals surface area (Å²) in [5.41, 5.74) is 3.28. The van der Waals surface area contributed by atoms with E-state index in [9.17, 15) is 13.2 Å². The molecule has 0 saturated heterocycles. The molecule has 3 aromatic carbocycles. The van der Waals surface area contributed by atoms with Gasteiger partial charge in [0.1, 0.15) is 12.3 Å². The first kappa shape index (κ1) is 27.3. The van der Waals surface area contributed by atoms with E-state index in [0.29, 0.717) is 24.4 Å². The number of para-hydroxylation sites is 1.